The number of aliphatic hydroxyl groups excluding tert-OH is 1. The Labute approximate surface area is 213 Å². The van der Waals surface area contributed by atoms with Crippen molar-refractivity contribution in [1.82, 2.24) is 9.97 Å². The number of nitrogens with zero attached hydrogens (tertiary/aromatic N) is 3. The molecule has 35 heavy (non-hydrogen) atoms. The van der Waals surface area contributed by atoms with Gasteiger partial charge in [-0.05, 0) is 68.9 Å². The Bertz CT molecular complexity index is 971. The topological polar surface area (TPSA) is 79.7 Å². The van der Waals surface area contributed by atoms with Crippen LogP contribution in [0.2, 0.25) is 5.02 Å². The highest BCUT2D eigenvalue weighted by Crippen LogP contribution is 2.35. The molecular weight excluding hydrogens is 464 g/mol. The highest BCUT2D eigenvalue weighted by atomic mass is 35.5. The Hall–Kier alpha value is -1.93. The number of morpholine rings is 1. The molecule has 0 spiro atoms. The molecule has 4 heterocycles. The first-order valence-corrected chi connectivity index (χ1v) is 13.5. The van der Waals surface area contributed by atoms with E-state index in [1.165, 1.54) is 0 Å². The third-order valence-corrected chi connectivity index (χ3v) is 7.94. The van der Waals surface area contributed by atoms with Crippen LogP contribution < -0.4 is 10.2 Å². The highest BCUT2D eigenvalue weighted by molar-refractivity contribution is 6.33. The van der Waals surface area contributed by atoms with Crippen molar-refractivity contribution in [2.75, 3.05) is 56.3 Å². The summed E-state index contributed by atoms with van der Waals surface area (Å²) in [6.45, 7) is 5.73. The number of aromatic nitrogens is 2. The number of ether oxygens (including phenoxy) is 2. The predicted octanol–water partition coefficient (Wildman–Crippen LogP) is 4.57. The van der Waals surface area contributed by atoms with Crippen LogP contribution in [-0.4, -0.2) is 67.2 Å². The second-order valence-corrected chi connectivity index (χ2v) is 10.6. The van der Waals surface area contributed by atoms with Gasteiger partial charge in [-0.3, -0.25) is 4.98 Å². The molecule has 0 aromatic carbocycles. The molecule has 8 heteroatoms. The van der Waals surface area contributed by atoms with Crippen LogP contribution in [0.5, 0.6) is 0 Å². The van der Waals surface area contributed by atoms with Gasteiger partial charge in [0.25, 0.3) is 0 Å². The molecule has 1 aliphatic carbocycles. The molecule has 190 valence electrons. The van der Waals surface area contributed by atoms with Crippen LogP contribution in [0, 0.1) is 11.8 Å². The van der Waals surface area contributed by atoms with Gasteiger partial charge in [0.1, 0.15) is 0 Å². The van der Waals surface area contributed by atoms with E-state index >= 15 is 0 Å². The zero-order valence-corrected chi connectivity index (χ0v) is 21.2. The molecule has 0 bridgehead atoms. The molecule has 3 aliphatic rings. The Kier molecular flexibility index (Phi) is 8.39. The van der Waals surface area contributed by atoms with Gasteiger partial charge in [0.05, 0.1) is 30.0 Å². The number of anilines is 2. The van der Waals surface area contributed by atoms with Gasteiger partial charge in [0, 0.05) is 62.1 Å². The van der Waals surface area contributed by atoms with Gasteiger partial charge in [0.15, 0.2) is 5.82 Å². The van der Waals surface area contributed by atoms with Crippen LogP contribution >= 0.6 is 11.6 Å². The molecule has 7 nitrogen and oxygen atoms in total. The van der Waals surface area contributed by atoms with Crippen molar-refractivity contribution in [1.29, 1.82) is 0 Å². The first-order chi connectivity index (χ1) is 17.2. The van der Waals surface area contributed by atoms with Crippen LogP contribution in [-0.2, 0) is 15.9 Å². The molecule has 5 rings (SSSR count). The fourth-order valence-electron chi connectivity index (χ4n) is 5.43. The maximum atomic E-state index is 9.83. The molecular formula is C27H37ClN4O3. The molecule has 0 atom stereocenters. The maximum absolute atomic E-state index is 9.83. The van der Waals surface area contributed by atoms with Crippen LogP contribution in [0.15, 0.2) is 24.5 Å². The summed E-state index contributed by atoms with van der Waals surface area (Å²) in [7, 11) is 0. The standard InChI is InChI=1S/C27H37ClN4O3/c28-25-18-29-22(13-19-1-3-23(33)4-2-19)15-24(25)21-14-26(30-16-20-5-9-34-10-6-20)27(31-17-21)32-7-11-35-12-8-32/h14-15,17-20,23,30,33H,1-13,16H2. The summed E-state index contributed by atoms with van der Waals surface area (Å²) in [5.41, 5.74) is 4.08. The van der Waals surface area contributed by atoms with Gasteiger partial charge in [-0.15, -0.1) is 0 Å². The minimum Gasteiger partial charge on any atom is -0.393 e. The average molecular weight is 501 g/mol. The number of hydrogen-bond acceptors (Lipinski definition) is 7. The van der Waals surface area contributed by atoms with E-state index in [1.54, 1.807) is 6.20 Å². The largest absolute Gasteiger partial charge is 0.393 e. The van der Waals surface area contributed by atoms with Crippen molar-refractivity contribution in [2.24, 2.45) is 11.8 Å². The molecule has 0 amide bonds. The zero-order chi connectivity index (χ0) is 24.0. The fourth-order valence-corrected chi connectivity index (χ4v) is 5.64. The van der Waals surface area contributed by atoms with Gasteiger partial charge < -0.3 is 24.8 Å². The van der Waals surface area contributed by atoms with Gasteiger partial charge in [-0.2, -0.15) is 0 Å². The third-order valence-electron chi connectivity index (χ3n) is 7.64. The number of rotatable bonds is 7. The van der Waals surface area contributed by atoms with Crippen LogP contribution in [0.3, 0.4) is 0 Å². The molecule has 1 saturated carbocycles. The summed E-state index contributed by atoms with van der Waals surface area (Å²) in [6.07, 6.45) is 10.6. The zero-order valence-electron chi connectivity index (χ0n) is 20.4. The average Bonchev–Trinajstić information content (AvgIpc) is 2.91. The lowest BCUT2D eigenvalue weighted by Gasteiger charge is -2.30. The van der Waals surface area contributed by atoms with Gasteiger partial charge >= 0.3 is 0 Å². The van der Waals surface area contributed by atoms with E-state index in [1.807, 2.05) is 6.20 Å². The van der Waals surface area contributed by atoms with E-state index in [4.69, 9.17) is 26.1 Å². The summed E-state index contributed by atoms with van der Waals surface area (Å²) in [6, 6.07) is 4.32. The van der Waals surface area contributed by atoms with E-state index in [-0.39, 0.29) is 6.10 Å². The van der Waals surface area contributed by atoms with E-state index in [2.05, 4.69) is 27.3 Å². The Balaban J connectivity index is 1.38. The molecule has 2 aromatic heterocycles. The Morgan fingerprint density at radius 2 is 1.66 bits per heavy atom. The molecule has 0 unspecified atom stereocenters. The van der Waals surface area contributed by atoms with Gasteiger partial charge in [0.2, 0.25) is 0 Å². The van der Waals surface area contributed by atoms with Crippen molar-refractivity contribution in [3.8, 4) is 11.1 Å². The summed E-state index contributed by atoms with van der Waals surface area (Å²) in [5, 5.41) is 14.2. The van der Waals surface area contributed by atoms with Crippen molar-refractivity contribution >= 4 is 23.1 Å². The van der Waals surface area contributed by atoms with Crippen LogP contribution in [0.25, 0.3) is 11.1 Å². The first-order valence-electron chi connectivity index (χ1n) is 13.1. The summed E-state index contributed by atoms with van der Waals surface area (Å²) in [4.78, 5) is 11.8. The molecule has 0 radical (unpaired) electrons. The van der Waals surface area contributed by atoms with E-state index in [0.717, 1.165) is 119 Å². The summed E-state index contributed by atoms with van der Waals surface area (Å²) >= 11 is 6.65. The van der Waals surface area contributed by atoms with Gasteiger partial charge in [-0.25, -0.2) is 4.98 Å². The van der Waals surface area contributed by atoms with Crippen molar-refractivity contribution in [3.05, 3.63) is 35.2 Å². The first kappa shape index (κ1) is 24.8. The van der Waals surface area contributed by atoms with Crippen molar-refractivity contribution in [2.45, 2.75) is 51.0 Å². The van der Waals surface area contributed by atoms with E-state index in [0.29, 0.717) is 16.9 Å². The number of halogens is 1. The van der Waals surface area contributed by atoms with Crippen molar-refractivity contribution in [3.63, 3.8) is 0 Å². The smallest absolute Gasteiger partial charge is 0.152 e. The lowest BCUT2D eigenvalue weighted by atomic mass is 9.84. The highest BCUT2D eigenvalue weighted by Gasteiger charge is 2.22. The van der Waals surface area contributed by atoms with Crippen LogP contribution in [0.4, 0.5) is 11.5 Å². The Morgan fingerprint density at radius 1 is 0.914 bits per heavy atom. The molecule has 3 fully saturated rings. The van der Waals surface area contributed by atoms with Crippen LogP contribution in [0.1, 0.15) is 44.2 Å². The normalized spacial score (nSPS) is 23.9. The molecule has 2 aromatic rings. The number of aliphatic hydroxyl groups is 1. The quantitative estimate of drug-likeness (QED) is 0.576. The minimum atomic E-state index is -0.136. The number of nitrogens with one attached hydrogen (secondary N) is 1. The second-order valence-electron chi connectivity index (χ2n) is 10.2. The second kappa shape index (κ2) is 11.9. The fraction of sp³-hybridized carbons (Fsp3) is 0.630. The minimum absolute atomic E-state index is 0.136. The van der Waals surface area contributed by atoms with Crippen molar-refractivity contribution < 1.29 is 14.6 Å². The Morgan fingerprint density at radius 3 is 2.43 bits per heavy atom. The SMILES string of the molecule is OC1CCC(Cc2cc(-c3cnc(N4CCOCC4)c(NCC4CCOCC4)c3)c(Cl)cn2)CC1. The lowest BCUT2D eigenvalue weighted by molar-refractivity contribution is 0.0699. The maximum Gasteiger partial charge on any atom is 0.152 e. The number of pyridine rings is 2. The summed E-state index contributed by atoms with van der Waals surface area (Å²) in [5.74, 6) is 2.16. The molecule has 2 aliphatic heterocycles. The predicted molar refractivity (Wildman–Crippen MR) is 139 cm³/mol. The summed E-state index contributed by atoms with van der Waals surface area (Å²) < 4.78 is 11.1. The van der Waals surface area contributed by atoms with Gasteiger partial charge in [-0.1, -0.05) is 11.6 Å². The van der Waals surface area contributed by atoms with E-state index in [9.17, 15) is 5.11 Å². The number of hydrogen-bond donors (Lipinski definition) is 2. The molecule has 2 saturated heterocycles. The monoisotopic (exact) mass is 500 g/mol. The molecule has 2 N–H and O–H groups in total. The van der Waals surface area contributed by atoms with E-state index < -0.39 is 0 Å². The lowest BCUT2D eigenvalue weighted by Crippen LogP contribution is -2.37. The third kappa shape index (κ3) is 6.45.